The lowest BCUT2D eigenvalue weighted by Gasteiger charge is -2.10. The monoisotopic (exact) mass is 191 g/mol. The summed E-state index contributed by atoms with van der Waals surface area (Å²) in [5.41, 5.74) is 8.41. The van der Waals surface area contributed by atoms with E-state index in [1.165, 1.54) is 0 Å². The number of hydrogen-bond acceptors (Lipinski definition) is 3. The molecule has 0 saturated carbocycles. The van der Waals surface area contributed by atoms with Crippen LogP contribution in [0.25, 0.3) is 6.08 Å². The average Bonchev–Trinajstić information content (AvgIpc) is 2.25. The molecular weight excluding hydrogens is 174 g/mol. The fraction of sp³-hybridized carbons (Fsp3) is 0.273. The normalized spacial score (nSPS) is 9.79. The Labute approximate surface area is 85.2 Å². The molecular formula is C11H17N3. The van der Waals surface area contributed by atoms with Crippen molar-refractivity contribution in [2.24, 2.45) is 0 Å². The van der Waals surface area contributed by atoms with Gasteiger partial charge in [0.15, 0.2) is 0 Å². The third-order valence-electron chi connectivity index (χ3n) is 1.90. The maximum atomic E-state index is 3.76. The summed E-state index contributed by atoms with van der Waals surface area (Å²) in [6.07, 6.45) is 1.84. The molecule has 0 aliphatic heterocycles. The summed E-state index contributed by atoms with van der Waals surface area (Å²) in [5.74, 6) is 0. The molecule has 3 nitrogen and oxygen atoms in total. The van der Waals surface area contributed by atoms with Gasteiger partial charge in [0.05, 0.1) is 5.69 Å². The Bertz CT molecular complexity index is 284. The predicted molar refractivity (Wildman–Crippen MR) is 62.1 cm³/mol. The second kappa shape index (κ2) is 6.18. The lowest BCUT2D eigenvalue weighted by atomic mass is 10.2. The molecule has 1 aromatic rings. The summed E-state index contributed by atoms with van der Waals surface area (Å²) < 4.78 is 0. The van der Waals surface area contributed by atoms with Crippen molar-refractivity contribution in [1.82, 2.24) is 10.7 Å². The van der Waals surface area contributed by atoms with E-state index in [0.717, 1.165) is 24.3 Å². The van der Waals surface area contributed by atoms with Crippen LogP contribution >= 0.6 is 0 Å². The van der Waals surface area contributed by atoms with Gasteiger partial charge in [0.1, 0.15) is 0 Å². The predicted octanol–water partition coefficient (Wildman–Crippen LogP) is 1.47. The van der Waals surface area contributed by atoms with Gasteiger partial charge in [0, 0.05) is 13.1 Å². The second-order valence-corrected chi connectivity index (χ2v) is 2.95. The van der Waals surface area contributed by atoms with Crippen molar-refractivity contribution in [2.75, 3.05) is 25.6 Å². The molecule has 1 aromatic carbocycles. The van der Waals surface area contributed by atoms with Crippen molar-refractivity contribution in [2.45, 2.75) is 0 Å². The van der Waals surface area contributed by atoms with Gasteiger partial charge in [-0.25, -0.2) is 5.43 Å². The topological polar surface area (TPSA) is 36.1 Å². The van der Waals surface area contributed by atoms with Crippen LogP contribution < -0.4 is 16.2 Å². The number of hydrazine groups is 1. The van der Waals surface area contributed by atoms with E-state index in [1.54, 1.807) is 0 Å². The van der Waals surface area contributed by atoms with Gasteiger partial charge in [0.2, 0.25) is 0 Å². The van der Waals surface area contributed by atoms with E-state index in [-0.39, 0.29) is 0 Å². The smallest absolute Gasteiger partial charge is 0.0559 e. The highest BCUT2D eigenvalue weighted by atomic mass is 15.4. The third kappa shape index (κ3) is 3.20. The average molecular weight is 191 g/mol. The molecule has 14 heavy (non-hydrogen) atoms. The van der Waals surface area contributed by atoms with E-state index < -0.39 is 0 Å². The molecule has 0 unspecified atom stereocenters. The summed E-state index contributed by atoms with van der Waals surface area (Å²) in [4.78, 5) is 0. The highest BCUT2D eigenvalue weighted by Gasteiger charge is 1.94. The van der Waals surface area contributed by atoms with Gasteiger partial charge < -0.3 is 10.7 Å². The molecule has 0 radical (unpaired) electrons. The Balaban J connectivity index is 2.45. The van der Waals surface area contributed by atoms with Crippen molar-refractivity contribution in [3.05, 3.63) is 36.4 Å². The minimum atomic E-state index is 0.877. The van der Waals surface area contributed by atoms with Gasteiger partial charge >= 0.3 is 0 Å². The van der Waals surface area contributed by atoms with E-state index in [4.69, 9.17) is 0 Å². The van der Waals surface area contributed by atoms with Gasteiger partial charge in [-0.15, -0.1) is 0 Å². The first kappa shape index (κ1) is 10.8. The molecule has 0 aliphatic carbocycles. The molecule has 3 N–H and O–H groups in total. The molecule has 1 rings (SSSR count). The number of anilines is 1. The summed E-state index contributed by atoms with van der Waals surface area (Å²) in [6.45, 7) is 5.57. The van der Waals surface area contributed by atoms with Crippen LogP contribution in [0.5, 0.6) is 0 Å². The van der Waals surface area contributed by atoms with E-state index in [2.05, 4.69) is 22.7 Å². The Morgan fingerprint density at radius 2 is 2.07 bits per heavy atom. The number of likely N-dealkylation sites (N-methyl/N-ethyl adjacent to an activating group) is 1. The van der Waals surface area contributed by atoms with E-state index in [1.807, 2.05) is 37.4 Å². The summed E-state index contributed by atoms with van der Waals surface area (Å²) >= 11 is 0. The van der Waals surface area contributed by atoms with Crippen LogP contribution in [0.4, 0.5) is 5.69 Å². The van der Waals surface area contributed by atoms with Crippen LogP contribution in [0.3, 0.4) is 0 Å². The summed E-state index contributed by atoms with van der Waals surface area (Å²) in [7, 11) is 1.93. The number of benzene rings is 1. The highest BCUT2D eigenvalue weighted by Crippen LogP contribution is 2.14. The van der Waals surface area contributed by atoms with E-state index in [0.29, 0.717) is 0 Å². The zero-order chi connectivity index (χ0) is 10.2. The van der Waals surface area contributed by atoms with E-state index in [9.17, 15) is 0 Å². The van der Waals surface area contributed by atoms with Crippen molar-refractivity contribution >= 4 is 11.8 Å². The van der Waals surface area contributed by atoms with Crippen LogP contribution in [-0.4, -0.2) is 20.1 Å². The van der Waals surface area contributed by atoms with E-state index >= 15 is 0 Å². The zero-order valence-corrected chi connectivity index (χ0v) is 8.51. The molecule has 0 atom stereocenters. The van der Waals surface area contributed by atoms with Gasteiger partial charge in [-0.3, -0.25) is 0 Å². The summed E-state index contributed by atoms with van der Waals surface area (Å²) in [6, 6.07) is 8.03. The Morgan fingerprint density at radius 1 is 1.29 bits per heavy atom. The Kier molecular flexibility index (Phi) is 4.75. The number of rotatable bonds is 6. The second-order valence-electron chi connectivity index (χ2n) is 2.95. The van der Waals surface area contributed by atoms with Gasteiger partial charge in [0.25, 0.3) is 0 Å². The third-order valence-corrected chi connectivity index (χ3v) is 1.90. The van der Waals surface area contributed by atoms with Gasteiger partial charge in [-0.2, -0.15) is 0 Å². The Hall–Kier alpha value is -1.32. The standard InChI is InChI=1S/C11H17N3/c1-3-10-6-4-5-7-11(10)14-13-9-8-12-2/h3-7,12-14H,1,8-9H2,2H3. The van der Waals surface area contributed by atoms with Crippen molar-refractivity contribution in [1.29, 1.82) is 0 Å². The molecule has 0 spiro atoms. The maximum Gasteiger partial charge on any atom is 0.0559 e. The SMILES string of the molecule is C=Cc1ccccc1NNCCNC. The van der Waals surface area contributed by atoms with Crippen molar-refractivity contribution < 1.29 is 0 Å². The summed E-state index contributed by atoms with van der Waals surface area (Å²) in [5, 5.41) is 3.06. The van der Waals surface area contributed by atoms with Crippen molar-refractivity contribution in [3.8, 4) is 0 Å². The van der Waals surface area contributed by atoms with Crippen LogP contribution in [-0.2, 0) is 0 Å². The fourth-order valence-electron chi connectivity index (χ4n) is 1.13. The number of nitrogens with one attached hydrogen (secondary N) is 3. The number of hydrogen-bond donors (Lipinski definition) is 3. The fourth-order valence-corrected chi connectivity index (χ4v) is 1.13. The molecule has 0 heterocycles. The van der Waals surface area contributed by atoms with Gasteiger partial charge in [-0.1, -0.05) is 30.9 Å². The first-order valence-corrected chi connectivity index (χ1v) is 4.73. The number of para-hydroxylation sites is 1. The Morgan fingerprint density at radius 3 is 2.79 bits per heavy atom. The minimum Gasteiger partial charge on any atom is -0.321 e. The molecule has 0 amide bonds. The van der Waals surface area contributed by atoms with Crippen LogP contribution in [0.15, 0.2) is 30.8 Å². The lowest BCUT2D eigenvalue weighted by molar-refractivity contribution is 0.711. The zero-order valence-electron chi connectivity index (χ0n) is 8.51. The van der Waals surface area contributed by atoms with Crippen LogP contribution in [0.1, 0.15) is 5.56 Å². The molecule has 0 saturated heterocycles. The molecule has 0 aliphatic rings. The first-order valence-electron chi connectivity index (χ1n) is 4.73. The molecule has 76 valence electrons. The molecule has 3 heteroatoms. The van der Waals surface area contributed by atoms with Gasteiger partial charge in [-0.05, 0) is 18.7 Å². The quantitative estimate of drug-likeness (QED) is 0.470. The van der Waals surface area contributed by atoms with Crippen LogP contribution in [0.2, 0.25) is 0 Å². The first-order chi connectivity index (χ1) is 6.88. The van der Waals surface area contributed by atoms with Crippen molar-refractivity contribution in [3.63, 3.8) is 0 Å². The molecule has 0 aromatic heterocycles. The molecule has 0 fully saturated rings. The maximum absolute atomic E-state index is 3.76. The minimum absolute atomic E-state index is 0.877. The molecule has 0 bridgehead atoms. The largest absolute Gasteiger partial charge is 0.321 e. The highest BCUT2D eigenvalue weighted by molar-refractivity contribution is 5.64. The van der Waals surface area contributed by atoms with Crippen LogP contribution in [0, 0.1) is 0 Å². The lowest BCUT2D eigenvalue weighted by Crippen LogP contribution is -2.29.